The Hall–Kier alpha value is -0.210. The summed E-state index contributed by atoms with van der Waals surface area (Å²) in [5.74, 6) is -0.0642. The lowest BCUT2D eigenvalue weighted by Gasteiger charge is -2.21. The molecule has 98 valence electrons. The van der Waals surface area contributed by atoms with Crippen LogP contribution in [0.4, 0.5) is 0 Å². The zero-order valence-corrected chi connectivity index (χ0v) is 11.0. The number of rotatable bonds is 9. The van der Waals surface area contributed by atoms with Gasteiger partial charge < -0.3 is 14.2 Å². The Kier molecular flexibility index (Phi) is 7.86. The van der Waals surface area contributed by atoms with Gasteiger partial charge in [-0.25, -0.2) is 13.1 Å². The number of hydrogen-bond donors (Lipinski definition) is 1. The van der Waals surface area contributed by atoms with Crippen molar-refractivity contribution in [2.45, 2.75) is 26.2 Å². The first kappa shape index (κ1) is 15.8. The van der Waals surface area contributed by atoms with Crippen molar-refractivity contribution < 1.29 is 22.6 Å². The molecule has 1 unspecified atom stereocenters. The maximum Gasteiger partial charge on any atom is 0.214 e. The van der Waals surface area contributed by atoms with Crippen molar-refractivity contribution in [1.29, 1.82) is 0 Å². The summed E-state index contributed by atoms with van der Waals surface area (Å²) in [6.07, 6.45) is -0.595. The Bertz CT molecular complexity index is 263. The zero-order chi connectivity index (χ0) is 12.6. The van der Waals surface area contributed by atoms with Crippen molar-refractivity contribution >= 4 is 10.0 Å². The SMILES string of the molecule is CCOCCS(=O)(=O)NC(C)C(OC)OC. The summed E-state index contributed by atoms with van der Waals surface area (Å²) in [7, 11) is -0.438. The highest BCUT2D eigenvalue weighted by Gasteiger charge is 2.21. The summed E-state index contributed by atoms with van der Waals surface area (Å²) in [5, 5.41) is 0. The summed E-state index contributed by atoms with van der Waals surface area (Å²) < 4.78 is 40.4. The van der Waals surface area contributed by atoms with E-state index in [1.54, 1.807) is 6.92 Å². The molecule has 0 aromatic heterocycles. The van der Waals surface area contributed by atoms with E-state index in [1.807, 2.05) is 6.92 Å². The third-order valence-electron chi connectivity index (χ3n) is 1.94. The first-order valence-electron chi connectivity index (χ1n) is 5.10. The lowest BCUT2D eigenvalue weighted by Crippen LogP contribution is -2.44. The molecule has 0 saturated heterocycles. The molecule has 0 fully saturated rings. The normalized spacial score (nSPS) is 14.3. The van der Waals surface area contributed by atoms with Gasteiger partial charge in [0.25, 0.3) is 0 Å². The average molecular weight is 255 g/mol. The van der Waals surface area contributed by atoms with E-state index >= 15 is 0 Å². The predicted molar refractivity (Wildman–Crippen MR) is 60.7 cm³/mol. The summed E-state index contributed by atoms with van der Waals surface area (Å²) in [6, 6.07) is -0.443. The number of methoxy groups -OCH3 is 2. The maximum atomic E-state index is 11.5. The molecule has 7 heteroatoms. The minimum absolute atomic E-state index is 0.0642. The molecule has 1 atom stereocenters. The maximum absolute atomic E-state index is 11.5. The molecular formula is C9H21NO5S. The summed E-state index contributed by atoms with van der Waals surface area (Å²) in [4.78, 5) is 0. The van der Waals surface area contributed by atoms with E-state index in [0.717, 1.165) is 0 Å². The molecule has 0 spiro atoms. The van der Waals surface area contributed by atoms with Gasteiger partial charge in [0.2, 0.25) is 10.0 Å². The second kappa shape index (κ2) is 7.97. The molecular weight excluding hydrogens is 234 g/mol. The molecule has 0 heterocycles. The van der Waals surface area contributed by atoms with Crippen LogP contribution in [0, 0.1) is 0 Å². The van der Waals surface area contributed by atoms with Crippen molar-refractivity contribution in [2.75, 3.05) is 33.2 Å². The van der Waals surface area contributed by atoms with Gasteiger partial charge in [-0.15, -0.1) is 0 Å². The quantitative estimate of drug-likeness (QED) is 0.462. The van der Waals surface area contributed by atoms with Gasteiger partial charge in [0, 0.05) is 20.8 Å². The molecule has 1 N–H and O–H groups in total. The highest BCUT2D eigenvalue weighted by molar-refractivity contribution is 7.89. The molecule has 0 rings (SSSR count). The highest BCUT2D eigenvalue weighted by Crippen LogP contribution is 2.00. The fraction of sp³-hybridized carbons (Fsp3) is 1.00. The Morgan fingerprint density at radius 2 is 1.81 bits per heavy atom. The highest BCUT2D eigenvalue weighted by atomic mass is 32.2. The third kappa shape index (κ3) is 6.39. The minimum atomic E-state index is -3.35. The van der Waals surface area contributed by atoms with Crippen molar-refractivity contribution in [3.63, 3.8) is 0 Å². The van der Waals surface area contributed by atoms with Crippen LogP contribution in [-0.2, 0) is 24.2 Å². The Morgan fingerprint density at radius 3 is 2.25 bits per heavy atom. The van der Waals surface area contributed by atoms with Crippen LogP contribution in [0.25, 0.3) is 0 Å². The van der Waals surface area contributed by atoms with E-state index in [-0.39, 0.29) is 12.4 Å². The van der Waals surface area contributed by atoms with Crippen LogP contribution >= 0.6 is 0 Å². The van der Waals surface area contributed by atoms with Gasteiger partial charge >= 0.3 is 0 Å². The molecule has 0 aromatic rings. The second-order valence-electron chi connectivity index (χ2n) is 3.26. The van der Waals surface area contributed by atoms with Gasteiger partial charge in [0.1, 0.15) is 0 Å². The molecule has 0 aliphatic carbocycles. The van der Waals surface area contributed by atoms with Crippen LogP contribution in [0.3, 0.4) is 0 Å². The summed E-state index contributed by atoms with van der Waals surface area (Å²) >= 11 is 0. The van der Waals surface area contributed by atoms with Crippen LogP contribution in [0.2, 0.25) is 0 Å². The van der Waals surface area contributed by atoms with Gasteiger partial charge in [0.15, 0.2) is 6.29 Å². The lowest BCUT2D eigenvalue weighted by atomic mass is 10.3. The van der Waals surface area contributed by atoms with Crippen LogP contribution in [0.1, 0.15) is 13.8 Å². The molecule has 0 saturated carbocycles. The fourth-order valence-electron chi connectivity index (χ4n) is 1.22. The van der Waals surface area contributed by atoms with Gasteiger partial charge in [-0.1, -0.05) is 0 Å². The second-order valence-corrected chi connectivity index (χ2v) is 5.14. The van der Waals surface area contributed by atoms with E-state index < -0.39 is 22.4 Å². The van der Waals surface area contributed by atoms with Crippen LogP contribution in [-0.4, -0.2) is 53.9 Å². The van der Waals surface area contributed by atoms with Crippen molar-refractivity contribution in [3.05, 3.63) is 0 Å². The largest absolute Gasteiger partial charge is 0.381 e. The Morgan fingerprint density at radius 1 is 1.25 bits per heavy atom. The topological polar surface area (TPSA) is 73.9 Å². The first-order valence-corrected chi connectivity index (χ1v) is 6.75. The van der Waals surface area contributed by atoms with Gasteiger partial charge in [0.05, 0.1) is 18.4 Å². The Balaban J connectivity index is 4.14. The zero-order valence-electron chi connectivity index (χ0n) is 10.2. The fourth-order valence-corrected chi connectivity index (χ4v) is 2.35. The first-order chi connectivity index (χ1) is 7.46. The standard InChI is InChI=1S/C9H21NO5S/c1-5-15-6-7-16(11,12)10-8(2)9(13-3)14-4/h8-10H,5-7H2,1-4H3. The molecule has 0 aliphatic rings. The molecule has 6 nitrogen and oxygen atoms in total. The van der Waals surface area contributed by atoms with Crippen LogP contribution in [0.15, 0.2) is 0 Å². The predicted octanol–water partition coefficient (Wildman–Crippen LogP) is -0.0503. The van der Waals surface area contributed by atoms with Crippen LogP contribution < -0.4 is 4.72 Å². The lowest BCUT2D eigenvalue weighted by molar-refractivity contribution is -0.115. The van der Waals surface area contributed by atoms with E-state index in [9.17, 15) is 8.42 Å². The monoisotopic (exact) mass is 255 g/mol. The molecule has 0 radical (unpaired) electrons. The van der Waals surface area contributed by atoms with Crippen LogP contribution in [0.5, 0.6) is 0 Å². The molecule has 0 bridgehead atoms. The molecule has 16 heavy (non-hydrogen) atoms. The molecule has 0 aliphatic heterocycles. The van der Waals surface area contributed by atoms with E-state index in [0.29, 0.717) is 6.61 Å². The third-order valence-corrected chi connectivity index (χ3v) is 3.37. The number of hydrogen-bond acceptors (Lipinski definition) is 5. The van der Waals surface area contributed by atoms with E-state index in [4.69, 9.17) is 14.2 Å². The van der Waals surface area contributed by atoms with Gasteiger partial charge in [-0.05, 0) is 13.8 Å². The number of ether oxygens (including phenoxy) is 3. The van der Waals surface area contributed by atoms with Crippen molar-refractivity contribution in [1.82, 2.24) is 4.72 Å². The summed E-state index contributed by atoms with van der Waals surface area (Å²) in [5.41, 5.74) is 0. The molecule has 0 aromatic carbocycles. The van der Waals surface area contributed by atoms with Crippen molar-refractivity contribution in [2.24, 2.45) is 0 Å². The van der Waals surface area contributed by atoms with E-state index in [2.05, 4.69) is 4.72 Å². The molecule has 0 amide bonds. The average Bonchev–Trinajstić information content (AvgIpc) is 2.18. The minimum Gasteiger partial charge on any atom is -0.381 e. The van der Waals surface area contributed by atoms with Gasteiger partial charge in [-0.3, -0.25) is 0 Å². The van der Waals surface area contributed by atoms with Gasteiger partial charge in [-0.2, -0.15) is 0 Å². The smallest absolute Gasteiger partial charge is 0.214 e. The number of nitrogens with one attached hydrogen (secondary N) is 1. The summed E-state index contributed by atoms with van der Waals surface area (Å²) in [6.45, 7) is 4.18. The van der Waals surface area contributed by atoms with E-state index in [1.165, 1.54) is 14.2 Å². The Labute approximate surface area is 97.3 Å². The van der Waals surface area contributed by atoms with Crippen molar-refractivity contribution in [3.8, 4) is 0 Å². The number of sulfonamides is 1.